The molecule has 220 valence electrons. The molecule has 0 aliphatic carbocycles. The summed E-state index contributed by atoms with van der Waals surface area (Å²) in [5.74, 6) is 0.357. The Balaban J connectivity index is 0.00000205. The van der Waals surface area contributed by atoms with E-state index in [0.29, 0.717) is 28.3 Å². The van der Waals surface area contributed by atoms with Crippen LogP contribution in [0.3, 0.4) is 0 Å². The van der Waals surface area contributed by atoms with Crippen molar-refractivity contribution in [1.29, 1.82) is 0 Å². The fraction of sp³-hybridized carbons (Fsp3) is 0.129. The first-order valence-electron chi connectivity index (χ1n) is 12.5. The third-order valence-electron chi connectivity index (χ3n) is 6.45. The van der Waals surface area contributed by atoms with Crippen molar-refractivity contribution in [3.8, 4) is 11.4 Å². The van der Waals surface area contributed by atoms with Crippen LogP contribution in [0, 0.1) is 0 Å². The molecule has 0 saturated heterocycles. The van der Waals surface area contributed by atoms with Gasteiger partial charge >= 0.3 is 0 Å². The van der Waals surface area contributed by atoms with Gasteiger partial charge in [0, 0.05) is 67.6 Å². The monoisotopic (exact) mass is 626 g/mol. The molecule has 8 nitrogen and oxygen atoms in total. The van der Waals surface area contributed by atoms with Crippen LogP contribution in [0.1, 0.15) is 20.7 Å². The second-order valence-electron chi connectivity index (χ2n) is 9.69. The predicted octanol–water partition coefficient (Wildman–Crippen LogP) is 7.13. The molecule has 0 atom stereocenters. The van der Waals surface area contributed by atoms with Crippen molar-refractivity contribution < 1.29 is 9.59 Å². The number of benzene rings is 4. The zero-order valence-electron chi connectivity index (χ0n) is 23.5. The number of aromatic amines is 1. The molecule has 1 aromatic heterocycles. The van der Waals surface area contributed by atoms with Crippen molar-refractivity contribution in [3.05, 3.63) is 102 Å². The van der Waals surface area contributed by atoms with Gasteiger partial charge in [0.15, 0.2) is 0 Å². The van der Waals surface area contributed by atoms with E-state index in [-0.39, 0.29) is 49.0 Å². The Morgan fingerprint density at radius 1 is 0.619 bits per heavy atom. The molecule has 0 bridgehead atoms. The van der Waals surface area contributed by atoms with Gasteiger partial charge in [-0.05, 0) is 91.0 Å². The summed E-state index contributed by atoms with van der Waals surface area (Å²) in [6.07, 6.45) is 0. The van der Waals surface area contributed by atoms with E-state index < -0.39 is 0 Å². The van der Waals surface area contributed by atoms with Crippen LogP contribution in [-0.2, 0) is 0 Å². The molecule has 3 N–H and O–H groups in total. The lowest BCUT2D eigenvalue weighted by atomic mass is 10.1. The summed E-state index contributed by atoms with van der Waals surface area (Å²) >= 11 is 0. The number of rotatable bonds is 7. The molecule has 0 aliphatic rings. The number of hydrogen-bond acceptors (Lipinski definition) is 5. The average molecular weight is 628 g/mol. The van der Waals surface area contributed by atoms with Crippen LogP contribution >= 0.6 is 37.2 Å². The van der Waals surface area contributed by atoms with Crippen LogP contribution < -0.4 is 20.4 Å². The number of H-pyrrole nitrogens is 1. The minimum absolute atomic E-state index is 0. The second-order valence-corrected chi connectivity index (χ2v) is 9.69. The van der Waals surface area contributed by atoms with Crippen LogP contribution in [0.2, 0.25) is 0 Å². The van der Waals surface area contributed by atoms with E-state index in [4.69, 9.17) is 0 Å². The lowest BCUT2D eigenvalue weighted by Gasteiger charge is -2.12. The molecule has 0 radical (unpaired) electrons. The van der Waals surface area contributed by atoms with Crippen LogP contribution in [0.4, 0.5) is 22.7 Å². The van der Waals surface area contributed by atoms with E-state index in [1.807, 2.05) is 129 Å². The summed E-state index contributed by atoms with van der Waals surface area (Å²) in [4.78, 5) is 37.3. The standard InChI is InChI=1S/C31H30N6O2.3ClH/c1-36(2)25-14-7-21(8-15-25)30(38)32-23-11-5-20(6-12-23)29-34-27-18-13-24(19-28(27)35-29)33-31(39)22-9-16-26(17-10-22)37(3)4;;;/h5-19H,1-4H3,(H,32,38)(H,33,39)(H,34,35);3*1H. The molecule has 4 aromatic carbocycles. The highest BCUT2D eigenvalue weighted by Crippen LogP contribution is 2.25. The Hall–Kier alpha value is -4.24. The van der Waals surface area contributed by atoms with Gasteiger partial charge in [0.2, 0.25) is 0 Å². The summed E-state index contributed by atoms with van der Waals surface area (Å²) in [6.45, 7) is 0. The molecule has 5 aromatic rings. The van der Waals surface area contributed by atoms with E-state index in [0.717, 1.165) is 28.0 Å². The molecular formula is C31H33Cl3N6O2. The molecule has 1 heterocycles. The summed E-state index contributed by atoms with van der Waals surface area (Å²) in [7, 11) is 7.84. The number of halogens is 3. The quantitative estimate of drug-likeness (QED) is 0.179. The van der Waals surface area contributed by atoms with E-state index in [9.17, 15) is 9.59 Å². The van der Waals surface area contributed by atoms with Gasteiger partial charge in [-0.25, -0.2) is 4.98 Å². The molecule has 5 rings (SSSR count). The van der Waals surface area contributed by atoms with Crippen molar-refractivity contribution in [3.63, 3.8) is 0 Å². The first kappa shape index (κ1) is 34.0. The molecule has 0 spiro atoms. The van der Waals surface area contributed by atoms with Gasteiger partial charge in [-0.15, -0.1) is 37.2 Å². The van der Waals surface area contributed by atoms with Crippen molar-refractivity contribution >= 4 is 82.8 Å². The predicted molar refractivity (Wildman–Crippen MR) is 181 cm³/mol. The van der Waals surface area contributed by atoms with E-state index in [2.05, 4.69) is 20.6 Å². The fourth-order valence-corrected chi connectivity index (χ4v) is 4.16. The van der Waals surface area contributed by atoms with E-state index >= 15 is 0 Å². The number of nitrogens with one attached hydrogen (secondary N) is 3. The Labute approximate surface area is 263 Å². The minimum atomic E-state index is -0.175. The number of carbonyl (C=O) groups is 2. The molecule has 11 heteroatoms. The largest absolute Gasteiger partial charge is 0.378 e. The maximum Gasteiger partial charge on any atom is 0.255 e. The Bertz CT molecular complexity index is 1630. The van der Waals surface area contributed by atoms with Gasteiger partial charge in [0.1, 0.15) is 5.82 Å². The molecule has 0 aliphatic heterocycles. The third kappa shape index (κ3) is 7.73. The number of imidazole rings is 1. The van der Waals surface area contributed by atoms with Crippen molar-refractivity contribution in [2.45, 2.75) is 0 Å². The maximum atomic E-state index is 12.7. The van der Waals surface area contributed by atoms with Gasteiger partial charge in [0.25, 0.3) is 11.8 Å². The number of aromatic nitrogens is 2. The summed E-state index contributed by atoms with van der Waals surface area (Å²) in [5, 5.41) is 5.89. The number of fused-ring (bicyclic) bond motifs is 1. The van der Waals surface area contributed by atoms with Crippen LogP contribution in [0.15, 0.2) is 91.0 Å². The Kier molecular flexibility index (Phi) is 11.8. The summed E-state index contributed by atoms with van der Waals surface area (Å²) < 4.78 is 0. The van der Waals surface area contributed by atoms with Gasteiger partial charge in [-0.1, -0.05) is 0 Å². The Morgan fingerprint density at radius 3 is 1.55 bits per heavy atom. The summed E-state index contributed by atoms with van der Waals surface area (Å²) in [6, 6.07) is 28.0. The normalized spacial score (nSPS) is 10.0. The highest BCUT2D eigenvalue weighted by atomic mass is 35.5. The third-order valence-corrected chi connectivity index (χ3v) is 6.45. The van der Waals surface area contributed by atoms with Gasteiger partial charge < -0.3 is 25.4 Å². The van der Waals surface area contributed by atoms with Gasteiger partial charge in [0.05, 0.1) is 11.0 Å². The number of anilines is 4. The zero-order chi connectivity index (χ0) is 27.5. The smallest absolute Gasteiger partial charge is 0.255 e. The van der Waals surface area contributed by atoms with Crippen LogP contribution in [0.25, 0.3) is 22.4 Å². The van der Waals surface area contributed by atoms with Crippen LogP contribution in [-0.4, -0.2) is 50.0 Å². The highest BCUT2D eigenvalue weighted by Gasteiger charge is 2.11. The fourth-order valence-electron chi connectivity index (χ4n) is 4.16. The van der Waals surface area contributed by atoms with E-state index in [1.54, 1.807) is 0 Å². The minimum Gasteiger partial charge on any atom is -0.378 e. The zero-order valence-corrected chi connectivity index (χ0v) is 26.0. The van der Waals surface area contributed by atoms with E-state index in [1.165, 1.54) is 0 Å². The first-order chi connectivity index (χ1) is 18.8. The number of nitrogens with zero attached hydrogens (tertiary/aromatic N) is 3. The SMILES string of the molecule is CN(C)c1ccc(C(=O)Nc2ccc(-c3nc4ccc(NC(=O)c5ccc(N(C)C)cc5)cc4[nH]3)cc2)cc1.Cl.Cl.Cl. The maximum absolute atomic E-state index is 12.7. The molecule has 2 amide bonds. The van der Waals surface area contributed by atoms with Crippen molar-refractivity contribution in [2.24, 2.45) is 0 Å². The molecular weight excluding hydrogens is 595 g/mol. The lowest BCUT2D eigenvalue weighted by Crippen LogP contribution is -2.13. The number of hydrogen-bond donors (Lipinski definition) is 3. The number of carbonyl (C=O) groups excluding carboxylic acids is 2. The molecule has 0 fully saturated rings. The van der Waals surface area contributed by atoms with Crippen LogP contribution in [0.5, 0.6) is 0 Å². The second kappa shape index (κ2) is 14.6. The van der Waals surface area contributed by atoms with Crippen molar-refractivity contribution in [2.75, 3.05) is 48.6 Å². The van der Waals surface area contributed by atoms with Gasteiger partial charge in [-0.2, -0.15) is 0 Å². The number of amides is 2. The molecule has 0 saturated carbocycles. The topological polar surface area (TPSA) is 93.4 Å². The van der Waals surface area contributed by atoms with Crippen molar-refractivity contribution in [1.82, 2.24) is 9.97 Å². The highest BCUT2D eigenvalue weighted by molar-refractivity contribution is 6.05. The molecule has 0 unspecified atom stereocenters. The van der Waals surface area contributed by atoms with Gasteiger partial charge in [-0.3, -0.25) is 9.59 Å². The molecule has 42 heavy (non-hydrogen) atoms. The average Bonchev–Trinajstić information content (AvgIpc) is 3.37. The Morgan fingerprint density at radius 2 is 1.07 bits per heavy atom. The first-order valence-corrected chi connectivity index (χ1v) is 12.5. The lowest BCUT2D eigenvalue weighted by molar-refractivity contribution is 0.101. The summed E-state index contributed by atoms with van der Waals surface area (Å²) in [5.41, 5.74) is 7.09.